The maximum Gasteiger partial charge on any atom is 0.138 e. The first-order chi connectivity index (χ1) is 20.1. The predicted octanol–water partition coefficient (Wildman–Crippen LogP) is 4.63. The number of anilines is 2. The molecule has 0 unspecified atom stereocenters. The van der Waals surface area contributed by atoms with E-state index in [-0.39, 0.29) is 0 Å². The minimum atomic E-state index is 0.675. The molecule has 5 aromatic rings. The number of hydrogen-bond donors (Lipinski definition) is 4. The molecule has 7 rings (SSSR count). The Labute approximate surface area is 239 Å². The fourth-order valence-electron chi connectivity index (χ4n) is 6.05. The highest BCUT2D eigenvalue weighted by molar-refractivity contribution is 5.99. The molecule has 0 radical (unpaired) electrons. The molecule has 0 bridgehead atoms. The summed E-state index contributed by atoms with van der Waals surface area (Å²) in [5.41, 5.74) is 7.50. The van der Waals surface area contributed by atoms with Crippen molar-refractivity contribution < 1.29 is 0 Å². The highest BCUT2D eigenvalue weighted by Gasteiger charge is 2.20. The lowest BCUT2D eigenvalue weighted by Gasteiger charge is -2.33. The lowest BCUT2D eigenvalue weighted by molar-refractivity contribution is 0.312. The van der Waals surface area contributed by atoms with Crippen molar-refractivity contribution in [3.8, 4) is 22.6 Å². The van der Waals surface area contributed by atoms with E-state index < -0.39 is 0 Å². The molecule has 210 valence electrons. The second-order valence-electron chi connectivity index (χ2n) is 11.3. The minimum Gasteiger partial charge on any atom is -0.358 e. The van der Waals surface area contributed by atoms with Crippen LogP contribution in [-0.2, 0) is 0 Å². The number of nitrogens with zero attached hydrogens (tertiary/aromatic N) is 6. The SMILES string of the molecule is C=C(CC1CCNCC1)Nc1cncc(-c2cc3c(-c4cc5c(N6CCN(C)CC6)nccc5[nH]4)n[nH]c3cn2)c1. The number of nitrogens with one attached hydrogen (secondary N) is 4. The van der Waals surface area contributed by atoms with Gasteiger partial charge in [0.15, 0.2) is 0 Å². The number of aromatic nitrogens is 6. The fraction of sp³-hybridized carbons (Fsp3) is 0.355. The van der Waals surface area contributed by atoms with Crippen LogP contribution in [0.15, 0.2) is 61.3 Å². The molecule has 0 aliphatic carbocycles. The van der Waals surface area contributed by atoms with Gasteiger partial charge in [0.05, 0.1) is 40.5 Å². The first kappa shape index (κ1) is 25.7. The van der Waals surface area contributed by atoms with Gasteiger partial charge in [0.1, 0.15) is 11.5 Å². The summed E-state index contributed by atoms with van der Waals surface area (Å²) in [6, 6.07) is 8.38. The van der Waals surface area contributed by atoms with Crippen LogP contribution >= 0.6 is 0 Å². The third-order valence-corrected chi connectivity index (χ3v) is 8.38. The van der Waals surface area contributed by atoms with E-state index in [4.69, 9.17) is 9.97 Å². The van der Waals surface area contributed by atoms with Gasteiger partial charge < -0.3 is 25.4 Å². The van der Waals surface area contributed by atoms with Crippen molar-refractivity contribution in [2.75, 3.05) is 56.5 Å². The van der Waals surface area contributed by atoms with Crippen molar-refractivity contribution in [1.29, 1.82) is 0 Å². The summed E-state index contributed by atoms with van der Waals surface area (Å²) in [5.74, 6) is 1.70. The van der Waals surface area contributed by atoms with Gasteiger partial charge >= 0.3 is 0 Å². The van der Waals surface area contributed by atoms with E-state index in [0.717, 1.165) is 107 Å². The molecular weight excluding hydrogens is 512 g/mol. The maximum absolute atomic E-state index is 4.75. The van der Waals surface area contributed by atoms with Gasteiger partial charge in [-0.05, 0) is 69.6 Å². The predicted molar refractivity (Wildman–Crippen MR) is 165 cm³/mol. The number of aromatic amines is 2. The molecule has 10 heteroatoms. The molecule has 0 spiro atoms. The summed E-state index contributed by atoms with van der Waals surface area (Å²) in [5, 5.41) is 16.9. The zero-order chi connectivity index (χ0) is 27.8. The molecule has 7 heterocycles. The highest BCUT2D eigenvalue weighted by atomic mass is 15.3. The first-order valence-electron chi connectivity index (χ1n) is 14.5. The number of piperazine rings is 1. The van der Waals surface area contributed by atoms with Crippen molar-refractivity contribution in [3.05, 3.63) is 61.3 Å². The lowest BCUT2D eigenvalue weighted by Crippen LogP contribution is -2.44. The zero-order valence-corrected chi connectivity index (χ0v) is 23.5. The Hall–Kier alpha value is -4.28. The van der Waals surface area contributed by atoms with Crippen LogP contribution in [0, 0.1) is 5.92 Å². The van der Waals surface area contributed by atoms with Crippen LogP contribution in [0.1, 0.15) is 19.3 Å². The van der Waals surface area contributed by atoms with Gasteiger partial charge in [-0.1, -0.05) is 6.58 Å². The summed E-state index contributed by atoms with van der Waals surface area (Å²) < 4.78 is 0. The summed E-state index contributed by atoms with van der Waals surface area (Å²) >= 11 is 0. The second-order valence-corrected chi connectivity index (χ2v) is 11.3. The van der Waals surface area contributed by atoms with Crippen LogP contribution < -0.4 is 15.5 Å². The van der Waals surface area contributed by atoms with Crippen LogP contribution in [0.2, 0.25) is 0 Å². The number of allylic oxidation sites excluding steroid dienone is 1. The second kappa shape index (κ2) is 10.9. The molecule has 4 N–H and O–H groups in total. The molecule has 2 saturated heterocycles. The number of pyridine rings is 3. The molecule has 2 fully saturated rings. The van der Waals surface area contributed by atoms with Gasteiger partial charge in [-0.3, -0.25) is 15.1 Å². The van der Waals surface area contributed by atoms with Crippen LogP contribution in [0.5, 0.6) is 0 Å². The van der Waals surface area contributed by atoms with Crippen molar-refractivity contribution in [3.63, 3.8) is 0 Å². The highest BCUT2D eigenvalue weighted by Crippen LogP contribution is 2.34. The van der Waals surface area contributed by atoms with E-state index >= 15 is 0 Å². The Morgan fingerprint density at radius 2 is 1.85 bits per heavy atom. The monoisotopic (exact) mass is 548 g/mol. The quantitative estimate of drug-likeness (QED) is 0.233. The lowest BCUT2D eigenvalue weighted by atomic mass is 9.93. The largest absolute Gasteiger partial charge is 0.358 e. The summed E-state index contributed by atoms with van der Waals surface area (Å²) in [4.78, 5) is 22.3. The normalized spacial score (nSPS) is 17.0. The molecule has 41 heavy (non-hydrogen) atoms. The molecular formula is C31H36N10. The molecule has 2 aliphatic heterocycles. The molecule has 2 aliphatic rings. The van der Waals surface area contributed by atoms with E-state index in [1.807, 2.05) is 30.9 Å². The zero-order valence-electron chi connectivity index (χ0n) is 23.5. The van der Waals surface area contributed by atoms with Crippen molar-refractivity contribution in [1.82, 2.24) is 40.3 Å². The van der Waals surface area contributed by atoms with Gasteiger partial charge in [-0.15, -0.1) is 0 Å². The third-order valence-electron chi connectivity index (χ3n) is 8.38. The molecule has 5 aromatic heterocycles. The van der Waals surface area contributed by atoms with Crippen LogP contribution in [0.25, 0.3) is 44.5 Å². The Kier molecular flexibility index (Phi) is 6.85. The average Bonchev–Trinajstić information content (AvgIpc) is 3.62. The van der Waals surface area contributed by atoms with Gasteiger partial charge in [0.25, 0.3) is 0 Å². The fourth-order valence-corrected chi connectivity index (χ4v) is 6.05. The average molecular weight is 549 g/mol. The number of H-pyrrole nitrogens is 2. The van der Waals surface area contributed by atoms with E-state index in [2.05, 4.69) is 72.4 Å². The Morgan fingerprint density at radius 1 is 1.00 bits per heavy atom. The van der Waals surface area contributed by atoms with E-state index in [9.17, 15) is 0 Å². The summed E-state index contributed by atoms with van der Waals surface area (Å²) in [6.07, 6.45) is 10.8. The number of rotatable bonds is 7. The number of likely N-dealkylation sites (N-methyl/N-ethyl adjacent to an activating group) is 1. The van der Waals surface area contributed by atoms with Gasteiger partial charge in [0, 0.05) is 60.6 Å². The first-order valence-corrected chi connectivity index (χ1v) is 14.5. The number of hydrogen-bond acceptors (Lipinski definition) is 8. The maximum atomic E-state index is 4.75. The van der Waals surface area contributed by atoms with E-state index in [0.29, 0.717) is 5.92 Å². The summed E-state index contributed by atoms with van der Waals surface area (Å²) in [7, 11) is 2.17. The molecule has 10 nitrogen and oxygen atoms in total. The van der Waals surface area contributed by atoms with E-state index in [1.165, 1.54) is 12.8 Å². The van der Waals surface area contributed by atoms with Gasteiger partial charge in [-0.25, -0.2) is 4.98 Å². The van der Waals surface area contributed by atoms with Gasteiger partial charge in [0.2, 0.25) is 0 Å². The van der Waals surface area contributed by atoms with Crippen molar-refractivity contribution in [2.45, 2.75) is 19.3 Å². The van der Waals surface area contributed by atoms with Gasteiger partial charge in [-0.2, -0.15) is 5.10 Å². The van der Waals surface area contributed by atoms with Crippen LogP contribution in [0.4, 0.5) is 11.5 Å². The van der Waals surface area contributed by atoms with Crippen LogP contribution in [-0.4, -0.2) is 81.3 Å². The molecule has 0 saturated carbocycles. The summed E-state index contributed by atoms with van der Waals surface area (Å²) in [6.45, 7) is 10.5. The number of piperidine rings is 1. The smallest absolute Gasteiger partial charge is 0.138 e. The van der Waals surface area contributed by atoms with Crippen molar-refractivity contribution in [2.24, 2.45) is 5.92 Å². The number of fused-ring (bicyclic) bond motifs is 2. The van der Waals surface area contributed by atoms with E-state index in [1.54, 1.807) is 0 Å². The molecule has 0 atom stereocenters. The third kappa shape index (κ3) is 5.28. The topological polar surface area (TPSA) is 114 Å². The Balaban J connectivity index is 1.16. The van der Waals surface area contributed by atoms with Crippen molar-refractivity contribution >= 4 is 33.3 Å². The minimum absolute atomic E-state index is 0.675. The standard InChI is InChI=1S/C31H36N10/c1-20(13-21-3-6-32-7-4-21)36-23-14-22(17-33-18-23)27-15-24-29(19-35-27)38-39-30(24)28-16-25-26(37-28)5-8-34-31(25)41-11-9-40(2)10-12-41/h5,8,14-19,21,32,36-37H,1,3-4,6-7,9-13H2,2H3,(H,38,39). The van der Waals surface area contributed by atoms with Crippen LogP contribution in [0.3, 0.4) is 0 Å². The molecule has 0 amide bonds. The Morgan fingerprint density at radius 3 is 2.71 bits per heavy atom. The molecule has 0 aromatic carbocycles. The Bertz CT molecular complexity index is 1690.